The zero-order valence-electron chi connectivity index (χ0n) is 23.6. The molecule has 0 radical (unpaired) electrons. The first-order valence-electron chi connectivity index (χ1n) is 14.0. The van der Waals surface area contributed by atoms with Gasteiger partial charge in [0, 0.05) is 32.2 Å². The lowest BCUT2D eigenvalue weighted by Gasteiger charge is -2.31. The van der Waals surface area contributed by atoms with Crippen LogP contribution in [0.1, 0.15) is 32.6 Å². The van der Waals surface area contributed by atoms with Gasteiger partial charge >= 0.3 is 5.97 Å². The first kappa shape index (κ1) is 31.2. The molecule has 1 aliphatic heterocycles. The van der Waals surface area contributed by atoms with Gasteiger partial charge in [-0.2, -0.15) is 9.82 Å². The molecule has 42 heavy (non-hydrogen) atoms. The number of benzene rings is 2. The van der Waals surface area contributed by atoms with E-state index in [4.69, 9.17) is 15.3 Å². The molecule has 2 fully saturated rings. The van der Waals surface area contributed by atoms with Crippen molar-refractivity contribution in [2.75, 3.05) is 39.4 Å². The van der Waals surface area contributed by atoms with E-state index in [0.29, 0.717) is 19.7 Å². The fraction of sp³-hybridized carbons (Fsp3) is 0.500. The van der Waals surface area contributed by atoms with E-state index >= 15 is 0 Å². The summed E-state index contributed by atoms with van der Waals surface area (Å²) in [5.41, 5.74) is 0. The summed E-state index contributed by atoms with van der Waals surface area (Å²) in [6.45, 7) is 3.62. The van der Waals surface area contributed by atoms with E-state index in [0.717, 1.165) is 23.6 Å². The van der Waals surface area contributed by atoms with Gasteiger partial charge in [-0.1, -0.05) is 30.3 Å². The van der Waals surface area contributed by atoms with E-state index in [1.165, 1.54) is 23.4 Å². The molecule has 1 aliphatic carbocycles. The molecule has 4 rings (SSSR count). The second-order valence-electron chi connectivity index (χ2n) is 10.3. The predicted molar refractivity (Wildman–Crippen MR) is 156 cm³/mol. The summed E-state index contributed by atoms with van der Waals surface area (Å²) < 4.78 is 40.2. The van der Waals surface area contributed by atoms with E-state index in [9.17, 15) is 22.8 Å². The second-order valence-corrected chi connectivity index (χ2v) is 12.0. The van der Waals surface area contributed by atoms with Crippen molar-refractivity contribution in [3.05, 3.63) is 42.5 Å². The van der Waals surface area contributed by atoms with Crippen molar-refractivity contribution < 1.29 is 32.3 Å². The maximum atomic E-state index is 13.8. The number of hydrogen-bond donors (Lipinski definition) is 3. The summed E-state index contributed by atoms with van der Waals surface area (Å²) in [5, 5.41) is 7.86. The molecule has 2 aromatic carbocycles. The smallest absolute Gasteiger partial charge is 0.307 e. The number of amides is 2. The molecule has 2 aliphatic rings. The van der Waals surface area contributed by atoms with E-state index in [1.54, 1.807) is 25.1 Å². The summed E-state index contributed by atoms with van der Waals surface area (Å²) in [4.78, 5) is 42.2. The lowest BCUT2D eigenvalue weighted by atomic mass is 10.1. The highest BCUT2D eigenvalue weighted by Gasteiger charge is 2.38. The molecule has 14 heteroatoms. The lowest BCUT2D eigenvalue weighted by molar-refractivity contribution is -0.144. The molecule has 2 atom stereocenters. The lowest BCUT2D eigenvalue weighted by Crippen LogP contribution is -2.52. The van der Waals surface area contributed by atoms with Gasteiger partial charge in [-0.15, -0.1) is 0 Å². The van der Waals surface area contributed by atoms with Gasteiger partial charge in [0.1, 0.15) is 12.4 Å². The van der Waals surface area contributed by atoms with Crippen molar-refractivity contribution in [3.8, 4) is 0 Å². The summed E-state index contributed by atoms with van der Waals surface area (Å²) >= 11 is 0. The van der Waals surface area contributed by atoms with Crippen LogP contribution in [-0.2, 0) is 33.9 Å². The van der Waals surface area contributed by atoms with Gasteiger partial charge in [0.25, 0.3) is 0 Å². The Labute approximate surface area is 245 Å². The topological polar surface area (TPSA) is 173 Å². The number of morpholine rings is 1. The minimum atomic E-state index is -4.20. The molecule has 13 nitrogen and oxygen atoms in total. The molecule has 1 saturated heterocycles. The van der Waals surface area contributed by atoms with Gasteiger partial charge in [-0.25, -0.2) is 8.42 Å². The number of sulfonamides is 1. The molecule has 0 bridgehead atoms. The van der Waals surface area contributed by atoms with Crippen LogP contribution in [0.15, 0.2) is 52.5 Å². The summed E-state index contributed by atoms with van der Waals surface area (Å²) in [7, 11) is -4.20. The minimum absolute atomic E-state index is 0.0267. The number of nitrogens with one attached hydrogen (secondary N) is 2. The van der Waals surface area contributed by atoms with Crippen molar-refractivity contribution >= 4 is 44.9 Å². The van der Waals surface area contributed by atoms with Gasteiger partial charge in [-0.05, 0) is 42.7 Å². The highest BCUT2D eigenvalue weighted by atomic mass is 32.2. The van der Waals surface area contributed by atoms with Gasteiger partial charge in [-0.3, -0.25) is 14.4 Å². The van der Waals surface area contributed by atoms with Gasteiger partial charge in [0.2, 0.25) is 21.8 Å². The molecule has 228 valence electrons. The van der Waals surface area contributed by atoms with Gasteiger partial charge in [0.15, 0.2) is 0 Å². The van der Waals surface area contributed by atoms with Gasteiger partial charge in [0.05, 0.1) is 37.1 Å². The summed E-state index contributed by atoms with van der Waals surface area (Å²) in [6.07, 6.45) is 2.15. The molecular weight excluding hydrogens is 564 g/mol. The fourth-order valence-electron chi connectivity index (χ4n) is 4.82. The number of hydrogen-bond acceptors (Lipinski definition) is 9. The van der Waals surface area contributed by atoms with Crippen LogP contribution in [-0.4, -0.2) is 99.9 Å². The molecule has 1 saturated carbocycles. The first-order valence-corrected chi connectivity index (χ1v) is 15.5. The van der Waals surface area contributed by atoms with Crippen LogP contribution in [0.2, 0.25) is 0 Å². The van der Waals surface area contributed by atoms with Crippen LogP contribution in [0.3, 0.4) is 0 Å². The average Bonchev–Trinajstić information content (AvgIpc) is 3.81. The summed E-state index contributed by atoms with van der Waals surface area (Å²) in [5.74, 6) is 3.68. The Kier molecular flexibility index (Phi) is 10.7. The number of nitrogens with zero attached hydrogens (tertiary/aromatic N) is 3. The Balaban J connectivity index is 1.50. The number of esters is 1. The molecule has 2 aromatic rings. The number of fused-ring (bicyclic) bond motifs is 1. The standard InChI is InChI=1S/C28H38N6O7S/c1-2-40-27(36)11-12-34(22-8-9-22)28(37)25(16-26(35)30-17-23-18-33(19-31-29)13-14-41-23)32-42(38,39)24-10-7-20-5-3-4-6-21(20)15-24/h3-7,10,15,19,22-23,25,32H,2,8-9,11-14,16-18,29H2,1H3,(H,30,35)/t23-,25+/m1/s1. The molecule has 0 aromatic heterocycles. The van der Waals surface area contributed by atoms with Crippen molar-refractivity contribution in [1.29, 1.82) is 0 Å². The summed E-state index contributed by atoms with van der Waals surface area (Å²) in [6, 6.07) is 10.5. The number of hydrazone groups is 1. The molecule has 0 unspecified atom stereocenters. The molecular formula is C28H38N6O7S. The SMILES string of the molecule is CCOC(=O)CCN(C(=O)[C@H](CC(=O)NC[C@@H]1CN(C=NN)CCO1)NS(=O)(=O)c1ccc2ccccc2c1)C1CC1. The van der Waals surface area contributed by atoms with Crippen LogP contribution in [0.4, 0.5) is 0 Å². The number of rotatable bonds is 14. The minimum Gasteiger partial charge on any atom is -0.466 e. The third-order valence-electron chi connectivity index (χ3n) is 7.08. The van der Waals surface area contributed by atoms with Crippen molar-refractivity contribution in [2.45, 2.75) is 55.7 Å². The Bertz CT molecular complexity index is 1400. The Hall–Kier alpha value is -3.75. The Morgan fingerprint density at radius 1 is 1.21 bits per heavy atom. The molecule has 4 N–H and O–H groups in total. The third kappa shape index (κ3) is 8.63. The maximum absolute atomic E-state index is 13.8. The van der Waals surface area contributed by atoms with E-state index in [1.807, 2.05) is 17.0 Å². The van der Waals surface area contributed by atoms with E-state index < -0.39 is 40.3 Å². The number of carbonyl (C=O) groups excluding carboxylic acids is 3. The molecule has 0 spiro atoms. The Morgan fingerprint density at radius 2 is 1.98 bits per heavy atom. The second kappa shape index (κ2) is 14.4. The highest BCUT2D eigenvalue weighted by molar-refractivity contribution is 7.89. The van der Waals surface area contributed by atoms with Crippen LogP contribution >= 0.6 is 0 Å². The van der Waals surface area contributed by atoms with E-state index in [2.05, 4.69) is 15.1 Å². The number of ether oxygens (including phenoxy) is 2. The number of carbonyl (C=O) groups is 3. The molecule has 2 amide bonds. The quantitative estimate of drug-likeness (QED) is 0.0917. The third-order valence-corrected chi connectivity index (χ3v) is 8.55. The van der Waals surface area contributed by atoms with Gasteiger partial charge < -0.3 is 30.4 Å². The average molecular weight is 603 g/mol. The largest absolute Gasteiger partial charge is 0.466 e. The van der Waals surface area contributed by atoms with E-state index in [-0.39, 0.29) is 43.2 Å². The number of nitrogens with two attached hydrogens (primary N) is 1. The van der Waals surface area contributed by atoms with Crippen molar-refractivity contribution in [1.82, 2.24) is 19.8 Å². The molecule has 1 heterocycles. The first-order chi connectivity index (χ1) is 20.2. The maximum Gasteiger partial charge on any atom is 0.307 e. The fourth-order valence-corrected chi connectivity index (χ4v) is 6.05. The predicted octanol–water partition coefficient (Wildman–Crippen LogP) is 0.540. The van der Waals surface area contributed by atoms with Crippen LogP contribution in [0.25, 0.3) is 10.8 Å². The monoisotopic (exact) mass is 602 g/mol. The highest BCUT2D eigenvalue weighted by Crippen LogP contribution is 2.28. The van der Waals surface area contributed by atoms with Crippen LogP contribution < -0.4 is 15.9 Å². The zero-order valence-corrected chi connectivity index (χ0v) is 24.4. The van der Waals surface area contributed by atoms with Crippen molar-refractivity contribution in [2.24, 2.45) is 10.9 Å². The zero-order chi connectivity index (χ0) is 30.1. The van der Waals surface area contributed by atoms with Crippen molar-refractivity contribution in [3.63, 3.8) is 0 Å². The Morgan fingerprint density at radius 3 is 2.69 bits per heavy atom. The van der Waals surface area contributed by atoms with Crippen LogP contribution in [0.5, 0.6) is 0 Å². The normalized spacial score (nSPS) is 18.1. The van der Waals surface area contributed by atoms with Crippen LogP contribution in [0, 0.1) is 0 Å².